The minimum absolute atomic E-state index is 0.0724. The van der Waals surface area contributed by atoms with Crippen molar-refractivity contribution in [3.63, 3.8) is 0 Å². The van der Waals surface area contributed by atoms with Gasteiger partial charge in [-0.3, -0.25) is 0 Å². The molecule has 0 bridgehead atoms. The molecule has 18 heavy (non-hydrogen) atoms. The fourth-order valence-corrected chi connectivity index (χ4v) is 2.86. The van der Waals surface area contributed by atoms with Gasteiger partial charge in [0.15, 0.2) is 5.03 Å². The molecule has 0 atom stereocenters. The Balaban J connectivity index is 2.63. The summed E-state index contributed by atoms with van der Waals surface area (Å²) in [5, 5.41) is 18.8. The van der Waals surface area contributed by atoms with E-state index in [-0.39, 0.29) is 15.6 Å². The normalized spacial score (nSPS) is 11.2. The molecular weight excluding hydrogens is 254 g/mol. The van der Waals surface area contributed by atoms with Gasteiger partial charge in [-0.1, -0.05) is 12.1 Å². The van der Waals surface area contributed by atoms with Gasteiger partial charge in [0, 0.05) is 11.9 Å². The number of rotatable bonds is 3. The average molecular weight is 264 g/mol. The molecule has 0 aliphatic heterocycles. The first-order valence-electron chi connectivity index (χ1n) is 5.06. The molecule has 0 amide bonds. The predicted molar refractivity (Wildman–Crippen MR) is 65.7 cm³/mol. The molecule has 0 saturated carbocycles. The molecule has 6 nitrogen and oxygen atoms in total. The molecule has 1 aromatic heterocycles. The lowest BCUT2D eigenvalue weighted by Crippen LogP contribution is -2.13. The smallest absolute Gasteiger partial charge is 0.227 e. The molecule has 94 valence electrons. The van der Waals surface area contributed by atoms with Crippen LogP contribution >= 0.6 is 0 Å². The first-order valence-corrected chi connectivity index (χ1v) is 6.54. The SMILES string of the molecule is CN([O-])c1ccccc1S(=O)(=O)c1cccnn1. The van der Waals surface area contributed by atoms with Gasteiger partial charge in [-0.25, -0.2) is 8.42 Å². The minimum Gasteiger partial charge on any atom is -0.758 e. The molecule has 1 heterocycles. The van der Waals surface area contributed by atoms with Gasteiger partial charge in [-0.2, -0.15) is 5.10 Å². The topological polar surface area (TPSA) is 86.2 Å². The van der Waals surface area contributed by atoms with Crippen LogP contribution in [0.5, 0.6) is 0 Å². The summed E-state index contributed by atoms with van der Waals surface area (Å²) in [6.07, 6.45) is 1.38. The molecule has 2 rings (SSSR count). The fourth-order valence-electron chi connectivity index (χ4n) is 1.49. The van der Waals surface area contributed by atoms with E-state index in [2.05, 4.69) is 10.2 Å². The molecular formula is C11H10N3O3S-. The Morgan fingerprint density at radius 3 is 2.50 bits per heavy atom. The van der Waals surface area contributed by atoms with Gasteiger partial charge < -0.3 is 10.3 Å². The van der Waals surface area contributed by atoms with E-state index < -0.39 is 9.84 Å². The van der Waals surface area contributed by atoms with Crippen LogP contribution in [0.3, 0.4) is 0 Å². The van der Waals surface area contributed by atoms with E-state index in [0.717, 1.165) is 0 Å². The van der Waals surface area contributed by atoms with E-state index in [1.54, 1.807) is 12.1 Å². The Hall–Kier alpha value is -1.99. The Bertz CT molecular complexity index is 642. The van der Waals surface area contributed by atoms with E-state index >= 15 is 0 Å². The van der Waals surface area contributed by atoms with Gasteiger partial charge in [0.2, 0.25) is 9.84 Å². The number of anilines is 1. The van der Waals surface area contributed by atoms with Crippen molar-refractivity contribution >= 4 is 15.5 Å². The molecule has 0 radical (unpaired) electrons. The highest BCUT2D eigenvalue weighted by Crippen LogP contribution is 2.27. The van der Waals surface area contributed by atoms with Crippen LogP contribution in [-0.4, -0.2) is 25.7 Å². The number of nitrogens with zero attached hydrogens (tertiary/aromatic N) is 3. The zero-order valence-corrected chi connectivity index (χ0v) is 10.3. The lowest BCUT2D eigenvalue weighted by Gasteiger charge is -2.26. The van der Waals surface area contributed by atoms with E-state index in [1.807, 2.05) is 0 Å². The maximum Gasteiger partial charge on any atom is 0.227 e. The van der Waals surface area contributed by atoms with Gasteiger partial charge >= 0.3 is 0 Å². The Labute approximate surface area is 104 Å². The summed E-state index contributed by atoms with van der Waals surface area (Å²) in [4.78, 5) is -0.0806. The summed E-state index contributed by atoms with van der Waals surface area (Å²) in [5.41, 5.74) is 0.0724. The van der Waals surface area contributed by atoms with Crippen molar-refractivity contribution in [1.82, 2.24) is 10.2 Å². The number of benzene rings is 1. The largest absolute Gasteiger partial charge is 0.758 e. The van der Waals surface area contributed by atoms with Crippen LogP contribution in [-0.2, 0) is 9.84 Å². The highest BCUT2D eigenvalue weighted by atomic mass is 32.2. The number of hydroxylamine groups is 1. The van der Waals surface area contributed by atoms with Crippen LogP contribution < -0.4 is 5.06 Å². The molecule has 0 saturated heterocycles. The molecule has 0 aliphatic carbocycles. The molecule has 7 heteroatoms. The van der Waals surface area contributed by atoms with Crippen molar-refractivity contribution in [2.75, 3.05) is 12.1 Å². The van der Waals surface area contributed by atoms with Crippen molar-refractivity contribution in [2.45, 2.75) is 9.92 Å². The summed E-state index contributed by atoms with van der Waals surface area (Å²) in [6, 6.07) is 8.77. The maximum atomic E-state index is 12.3. The fraction of sp³-hybridized carbons (Fsp3) is 0.0909. The van der Waals surface area contributed by atoms with Crippen LogP contribution in [0.1, 0.15) is 0 Å². The molecule has 2 aromatic rings. The van der Waals surface area contributed by atoms with Crippen molar-refractivity contribution in [3.05, 3.63) is 47.8 Å². The lowest BCUT2D eigenvalue weighted by atomic mass is 10.3. The standard InChI is InChI=1S/C11H10N3O3S/c1-14(15)9-5-2-3-6-10(9)18(16,17)11-7-4-8-12-13-11/h2-8H,1H3/q-1. The van der Waals surface area contributed by atoms with Crippen LogP contribution in [0.15, 0.2) is 52.5 Å². The molecule has 1 aromatic carbocycles. The summed E-state index contributed by atoms with van der Waals surface area (Å²) in [7, 11) is -2.59. The van der Waals surface area contributed by atoms with Gasteiger partial charge in [0.05, 0.1) is 4.90 Å². The van der Waals surface area contributed by atoms with Gasteiger partial charge in [-0.15, -0.1) is 5.10 Å². The van der Waals surface area contributed by atoms with Crippen LogP contribution in [0.2, 0.25) is 0 Å². The van der Waals surface area contributed by atoms with E-state index in [1.165, 1.54) is 37.5 Å². The Morgan fingerprint density at radius 2 is 1.89 bits per heavy atom. The summed E-state index contributed by atoms with van der Waals surface area (Å²) in [5.74, 6) is 0. The highest BCUT2D eigenvalue weighted by molar-refractivity contribution is 7.91. The van der Waals surface area contributed by atoms with Gasteiger partial charge in [0.25, 0.3) is 0 Å². The van der Waals surface area contributed by atoms with Crippen molar-refractivity contribution in [2.24, 2.45) is 0 Å². The lowest BCUT2D eigenvalue weighted by molar-refractivity contribution is 0.590. The van der Waals surface area contributed by atoms with Crippen LogP contribution in [0.4, 0.5) is 5.69 Å². The molecule has 0 fully saturated rings. The quantitative estimate of drug-likeness (QED) is 0.775. The molecule has 0 N–H and O–H groups in total. The second kappa shape index (κ2) is 4.71. The highest BCUT2D eigenvalue weighted by Gasteiger charge is 2.22. The van der Waals surface area contributed by atoms with Crippen LogP contribution in [0, 0.1) is 5.21 Å². The summed E-state index contributed by atoms with van der Waals surface area (Å²) in [6.45, 7) is 0. The van der Waals surface area contributed by atoms with Gasteiger partial charge in [-0.05, 0) is 31.3 Å². The van der Waals surface area contributed by atoms with Crippen molar-refractivity contribution in [1.29, 1.82) is 0 Å². The zero-order valence-electron chi connectivity index (χ0n) is 9.52. The van der Waals surface area contributed by atoms with E-state index in [4.69, 9.17) is 0 Å². The third kappa shape index (κ3) is 2.18. The number of hydrogen-bond acceptors (Lipinski definition) is 6. The zero-order chi connectivity index (χ0) is 13.2. The van der Waals surface area contributed by atoms with Crippen LogP contribution in [0.25, 0.3) is 0 Å². The third-order valence-electron chi connectivity index (χ3n) is 2.32. The maximum absolute atomic E-state index is 12.3. The first kappa shape index (κ1) is 12.5. The predicted octanol–water partition coefficient (Wildman–Crippen LogP) is 1.24. The Morgan fingerprint density at radius 1 is 1.17 bits per heavy atom. The van der Waals surface area contributed by atoms with Crippen molar-refractivity contribution in [3.8, 4) is 0 Å². The summed E-state index contributed by atoms with van der Waals surface area (Å²) >= 11 is 0. The minimum atomic E-state index is -3.83. The summed E-state index contributed by atoms with van der Waals surface area (Å²) < 4.78 is 24.6. The van der Waals surface area contributed by atoms with Gasteiger partial charge in [0.1, 0.15) is 0 Å². The number of sulfone groups is 1. The monoisotopic (exact) mass is 264 g/mol. The third-order valence-corrected chi connectivity index (χ3v) is 4.01. The molecule has 0 spiro atoms. The number of para-hydroxylation sites is 1. The first-order chi connectivity index (χ1) is 8.53. The van der Waals surface area contributed by atoms with E-state index in [9.17, 15) is 13.6 Å². The second-order valence-electron chi connectivity index (χ2n) is 3.53. The number of hydrogen-bond donors (Lipinski definition) is 0. The van der Waals surface area contributed by atoms with Crippen molar-refractivity contribution < 1.29 is 8.42 Å². The Kier molecular flexibility index (Phi) is 3.26. The molecule has 0 aliphatic rings. The number of aromatic nitrogens is 2. The molecule has 0 unspecified atom stereocenters. The average Bonchev–Trinajstić information content (AvgIpc) is 2.39. The second-order valence-corrected chi connectivity index (χ2v) is 5.40. The van der Waals surface area contributed by atoms with E-state index in [0.29, 0.717) is 5.06 Å².